The van der Waals surface area contributed by atoms with Crippen LogP contribution in [0.5, 0.6) is 0 Å². The molecule has 0 aliphatic rings. The second kappa shape index (κ2) is 5.55. The molecule has 0 unspecified atom stereocenters. The van der Waals surface area contributed by atoms with Crippen molar-refractivity contribution in [3.63, 3.8) is 0 Å². The zero-order chi connectivity index (χ0) is 14.6. The van der Waals surface area contributed by atoms with Crippen LogP contribution in [0.2, 0.25) is 0 Å². The average molecular weight is 277 g/mol. The van der Waals surface area contributed by atoms with Crippen molar-refractivity contribution >= 4 is 17.6 Å². The van der Waals surface area contributed by atoms with E-state index in [1.54, 1.807) is 0 Å². The molecule has 0 bridgehead atoms. The molecule has 0 spiro atoms. The van der Waals surface area contributed by atoms with Gasteiger partial charge in [0.05, 0.1) is 5.56 Å². The first-order chi connectivity index (χ1) is 8.74. The van der Waals surface area contributed by atoms with Crippen LogP contribution in [0.3, 0.4) is 0 Å². The zero-order valence-corrected chi connectivity index (χ0v) is 9.79. The molecule has 5 N–H and O–H groups in total. The summed E-state index contributed by atoms with van der Waals surface area (Å²) in [5.74, 6) is -1.78. The van der Waals surface area contributed by atoms with Crippen LogP contribution in [-0.4, -0.2) is 19.0 Å². The molecule has 9 heteroatoms. The van der Waals surface area contributed by atoms with Gasteiger partial charge in [-0.15, -0.1) is 0 Å². The molecular formula is C10H11F4N5. The van der Waals surface area contributed by atoms with Gasteiger partial charge in [0, 0.05) is 12.7 Å². The van der Waals surface area contributed by atoms with Gasteiger partial charge >= 0.3 is 6.18 Å². The number of hydrogen-bond acceptors (Lipinski definition) is 1. The number of nitrogens with zero attached hydrogens (tertiary/aromatic N) is 2. The largest absolute Gasteiger partial charge is 0.419 e. The molecular weight excluding hydrogens is 266 g/mol. The highest BCUT2D eigenvalue weighted by molar-refractivity contribution is 6.00. The van der Waals surface area contributed by atoms with E-state index < -0.39 is 17.6 Å². The first-order valence-corrected chi connectivity index (χ1v) is 4.94. The Labute approximate surface area is 106 Å². The highest BCUT2D eigenvalue weighted by atomic mass is 19.4. The van der Waals surface area contributed by atoms with E-state index in [2.05, 4.69) is 15.3 Å². The van der Waals surface area contributed by atoms with Gasteiger partial charge in [-0.1, -0.05) is 0 Å². The quantitative estimate of drug-likeness (QED) is 0.413. The summed E-state index contributed by atoms with van der Waals surface area (Å²) >= 11 is 0. The van der Waals surface area contributed by atoms with Gasteiger partial charge in [-0.2, -0.15) is 18.2 Å². The predicted molar refractivity (Wildman–Crippen MR) is 64.2 cm³/mol. The Kier molecular flexibility index (Phi) is 4.30. The standard InChI is InChI=1S/C10H11F4N5/c1-17-8(15)19-9(16)18-5-2-3-7(11)6(4-5)10(12,13)14/h2-4H,1H3,(H5,15,16,17,18,19). The number of guanidine groups is 2. The Hall–Kier alpha value is -2.32. The van der Waals surface area contributed by atoms with Gasteiger partial charge in [0.1, 0.15) is 5.82 Å². The minimum absolute atomic E-state index is 0.0705. The van der Waals surface area contributed by atoms with E-state index >= 15 is 0 Å². The zero-order valence-electron chi connectivity index (χ0n) is 9.79. The summed E-state index contributed by atoms with van der Waals surface area (Å²) < 4.78 is 50.4. The maximum atomic E-state index is 13.0. The molecule has 0 amide bonds. The van der Waals surface area contributed by atoms with Crippen molar-refractivity contribution in [2.24, 2.45) is 21.5 Å². The number of alkyl halides is 3. The van der Waals surface area contributed by atoms with Crippen LogP contribution in [0.25, 0.3) is 0 Å². The highest BCUT2D eigenvalue weighted by Crippen LogP contribution is 2.32. The van der Waals surface area contributed by atoms with Gasteiger partial charge in [0.25, 0.3) is 0 Å². The fourth-order valence-electron chi connectivity index (χ4n) is 1.17. The van der Waals surface area contributed by atoms with Crippen molar-refractivity contribution in [3.05, 3.63) is 29.6 Å². The molecule has 1 aromatic carbocycles. The smallest absolute Gasteiger partial charge is 0.369 e. The normalized spacial score (nSPS) is 13.5. The molecule has 0 heterocycles. The van der Waals surface area contributed by atoms with Crippen LogP contribution in [0, 0.1) is 5.82 Å². The number of rotatable bonds is 1. The number of anilines is 1. The van der Waals surface area contributed by atoms with Gasteiger partial charge in [-0.3, -0.25) is 4.99 Å². The number of nitrogens with one attached hydrogen (secondary N) is 1. The molecule has 0 atom stereocenters. The van der Waals surface area contributed by atoms with Crippen molar-refractivity contribution in [3.8, 4) is 0 Å². The molecule has 0 saturated carbocycles. The lowest BCUT2D eigenvalue weighted by Crippen LogP contribution is -2.26. The lowest BCUT2D eigenvalue weighted by Gasteiger charge is -2.11. The van der Waals surface area contributed by atoms with E-state index in [1.165, 1.54) is 7.05 Å². The van der Waals surface area contributed by atoms with Crippen LogP contribution in [0.1, 0.15) is 5.56 Å². The summed E-state index contributed by atoms with van der Waals surface area (Å²) in [7, 11) is 1.37. The Balaban J connectivity index is 3.02. The van der Waals surface area contributed by atoms with Gasteiger partial charge in [-0.05, 0) is 18.2 Å². The monoisotopic (exact) mass is 277 g/mol. The van der Waals surface area contributed by atoms with Crippen LogP contribution in [0.4, 0.5) is 23.2 Å². The molecule has 0 saturated heterocycles. The number of hydrogen-bond donors (Lipinski definition) is 3. The Morgan fingerprint density at radius 3 is 2.42 bits per heavy atom. The van der Waals surface area contributed by atoms with Crippen LogP contribution in [0.15, 0.2) is 28.2 Å². The lowest BCUT2D eigenvalue weighted by atomic mass is 10.2. The Morgan fingerprint density at radius 2 is 1.89 bits per heavy atom. The van der Waals surface area contributed by atoms with E-state index in [0.29, 0.717) is 12.1 Å². The van der Waals surface area contributed by atoms with E-state index in [-0.39, 0.29) is 17.6 Å². The SMILES string of the molecule is CN=C(N)/N=C(\N)Nc1ccc(F)c(C(F)(F)F)c1. The van der Waals surface area contributed by atoms with Crippen molar-refractivity contribution in [1.82, 2.24) is 0 Å². The second-order valence-electron chi connectivity index (χ2n) is 3.40. The molecule has 19 heavy (non-hydrogen) atoms. The molecule has 0 aliphatic carbocycles. The van der Waals surface area contributed by atoms with Crippen molar-refractivity contribution in [2.75, 3.05) is 12.4 Å². The number of halogens is 4. The summed E-state index contributed by atoms with van der Waals surface area (Å²) in [5.41, 5.74) is 9.16. The van der Waals surface area contributed by atoms with Crippen molar-refractivity contribution < 1.29 is 17.6 Å². The van der Waals surface area contributed by atoms with Crippen LogP contribution < -0.4 is 16.8 Å². The van der Waals surface area contributed by atoms with Gasteiger partial charge in [0.15, 0.2) is 0 Å². The third kappa shape index (κ3) is 4.12. The topological polar surface area (TPSA) is 88.8 Å². The van der Waals surface area contributed by atoms with Crippen LogP contribution in [-0.2, 0) is 6.18 Å². The van der Waals surface area contributed by atoms with E-state index in [0.717, 1.165) is 6.07 Å². The predicted octanol–water partition coefficient (Wildman–Crippen LogP) is 1.52. The van der Waals surface area contributed by atoms with Crippen LogP contribution >= 0.6 is 0 Å². The highest BCUT2D eigenvalue weighted by Gasteiger charge is 2.34. The van der Waals surface area contributed by atoms with E-state index in [4.69, 9.17) is 11.5 Å². The third-order valence-corrected chi connectivity index (χ3v) is 2.01. The average Bonchev–Trinajstić information content (AvgIpc) is 2.29. The molecule has 0 radical (unpaired) electrons. The van der Waals surface area contributed by atoms with Gasteiger partial charge < -0.3 is 16.8 Å². The van der Waals surface area contributed by atoms with Gasteiger partial charge in [-0.25, -0.2) is 4.39 Å². The summed E-state index contributed by atoms with van der Waals surface area (Å²) in [4.78, 5) is 7.03. The van der Waals surface area contributed by atoms with E-state index in [1.807, 2.05) is 0 Å². The number of nitrogens with two attached hydrogens (primary N) is 2. The van der Waals surface area contributed by atoms with Crippen molar-refractivity contribution in [2.45, 2.75) is 6.18 Å². The molecule has 5 nitrogen and oxygen atoms in total. The fourth-order valence-corrected chi connectivity index (χ4v) is 1.17. The second-order valence-corrected chi connectivity index (χ2v) is 3.40. The third-order valence-electron chi connectivity index (χ3n) is 2.01. The molecule has 104 valence electrons. The minimum atomic E-state index is -4.79. The molecule has 0 aromatic heterocycles. The molecule has 0 aliphatic heterocycles. The molecule has 1 rings (SSSR count). The number of aliphatic imine (C=N–C) groups is 2. The fraction of sp³-hybridized carbons (Fsp3) is 0.200. The maximum Gasteiger partial charge on any atom is 0.419 e. The molecule has 1 aromatic rings. The summed E-state index contributed by atoms with van der Waals surface area (Å²) in [5, 5.41) is 2.35. The summed E-state index contributed by atoms with van der Waals surface area (Å²) in [6.45, 7) is 0. The Morgan fingerprint density at radius 1 is 1.26 bits per heavy atom. The van der Waals surface area contributed by atoms with Gasteiger partial charge in [0.2, 0.25) is 11.9 Å². The Bertz CT molecular complexity index is 521. The first kappa shape index (κ1) is 14.7. The first-order valence-electron chi connectivity index (χ1n) is 4.94. The van der Waals surface area contributed by atoms with Crippen molar-refractivity contribution in [1.29, 1.82) is 0 Å². The minimum Gasteiger partial charge on any atom is -0.369 e. The number of benzene rings is 1. The maximum absolute atomic E-state index is 13.0. The summed E-state index contributed by atoms with van der Waals surface area (Å²) in [6.07, 6.45) is -4.79. The lowest BCUT2D eigenvalue weighted by molar-refractivity contribution is -0.139. The molecule has 0 fully saturated rings. The summed E-state index contributed by atoms with van der Waals surface area (Å²) in [6, 6.07) is 2.35. The van der Waals surface area contributed by atoms with E-state index in [9.17, 15) is 17.6 Å².